The zero-order valence-electron chi connectivity index (χ0n) is 13.2. The zero-order valence-corrected chi connectivity index (χ0v) is 13.2. The highest BCUT2D eigenvalue weighted by Crippen LogP contribution is 2.31. The molecule has 1 atom stereocenters. The van der Waals surface area contributed by atoms with Gasteiger partial charge < -0.3 is 10.2 Å². The quantitative estimate of drug-likeness (QED) is 0.863. The van der Waals surface area contributed by atoms with Crippen molar-refractivity contribution in [1.29, 1.82) is 0 Å². The van der Waals surface area contributed by atoms with E-state index in [0.29, 0.717) is 5.92 Å². The minimum Gasteiger partial charge on any atom is -0.340 e. The highest BCUT2D eigenvalue weighted by molar-refractivity contribution is 5.99. The summed E-state index contributed by atoms with van der Waals surface area (Å²) in [6.45, 7) is 7.84. The molecule has 114 valence electrons. The van der Waals surface area contributed by atoms with Crippen LogP contribution < -0.4 is 5.32 Å². The third-order valence-electron chi connectivity index (χ3n) is 4.51. The number of carbonyl (C=O) groups excluding carboxylic acids is 2. The van der Waals surface area contributed by atoms with Crippen LogP contribution in [0.4, 0.5) is 0 Å². The first-order valence-corrected chi connectivity index (χ1v) is 7.97. The van der Waals surface area contributed by atoms with Gasteiger partial charge in [0.05, 0.1) is 0 Å². The summed E-state index contributed by atoms with van der Waals surface area (Å²) in [5.74, 6) is 0.523. The lowest BCUT2D eigenvalue weighted by molar-refractivity contribution is -0.158. The van der Waals surface area contributed by atoms with Crippen molar-refractivity contribution in [2.24, 2.45) is 5.92 Å². The summed E-state index contributed by atoms with van der Waals surface area (Å²) in [6.07, 6.45) is 6.44. The number of rotatable bonds is 3. The van der Waals surface area contributed by atoms with Crippen LogP contribution in [-0.2, 0) is 9.59 Å². The topological polar surface area (TPSA) is 49.4 Å². The first kappa shape index (κ1) is 15.3. The molecule has 1 saturated carbocycles. The summed E-state index contributed by atoms with van der Waals surface area (Å²) in [4.78, 5) is 27.2. The van der Waals surface area contributed by atoms with Crippen LogP contribution in [0.15, 0.2) is 0 Å². The van der Waals surface area contributed by atoms with E-state index in [9.17, 15) is 9.59 Å². The summed E-state index contributed by atoms with van der Waals surface area (Å²) in [6, 6.07) is -0.0241. The van der Waals surface area contributed by atoms with Crippen LogP contribution in [0.5, 0.6) is 0 Å². The first-order chi connectivity index (χ1) is 9.33. The first-order valence-electron chi connectivity index (χ1n) is 7.97. The molecule has 1 saturated heterocycles. The number of piperazine rings is 1. The number of hydrogen-bond acceptors (Lipinski definition) is 2. The number of nitrogens with one attached hydrogen (secondary N) is 1. The Kier molecular flexibility index (Phi) is 4.40. The molecule has 2 fully saturated rings. The Balaban J connectivity index is 2.26. The van der Waals surface area contributed by atoms with E-state index in [-0.39, 0.29) is 23.9 Å². The Hall–Kier alpha value is -1.06. The third kappa shape index (κ3) is 2.99. The maximum Gasteiger partial charge on any atom is 0.248 e. The smallest absolute Gasteiger partial charge is 0.248 e. The molecule has 0 radical (unpaired) electrons. The van der Waals surface area contributed by atoms with Gasteiger partial charge in [0.2, 0.25) is 11.8 Å². The molecule has 1 N–H and O–H groups in total. The SMILES string of the molecule is CC(C)CC1C(=O)NC(C)(C)C(=O)N1C1CCCCC1. The Morgan fingerprint density at radius 1 is 1.20 bits per heavy atom. The normalized spacial score (nSPS) is 27.9. The van der Waals surface area contributed by atoms with Gasteiger partial charge in [0.1, 0.15) is 11.6 Å². The molecule has 1 aliphatic heterocycles. The van der Waals surface area contributed by atoms with Crippen molar-refractivity contribution in [3.63, 3.8) is 0 Å². The lowest BCUT2D eigenvalue weighted by Crippen LogP contribution is -2.70. The van der Waals surface area contributed by atoms with Crippen LogP contribution >= 0.6 is 0 Å². The highest BCUT2D eigenvalue weighted by Gasteiger charge is 2.47. The van der Waals surface area contributed by atoms with Gasteiger partial charge in [0.25, 0.3) is 0 Å². The molecule has 2 rings (SSSR count). The van der Waals surface area contributed by atoms with E-state index in [0.717, 1.165) is 19.3 Å². The summed E-state index contributed by atoms with van der Waals surface area (Å²) in [5.41, 5.74) is -0.762. The van der Waals surface area contributed by atoms with Crippen LogP contribution in [0.25, 0.3) is 0 Å². The maximum atomic E-state index is 12.8. The second-order valence-corrected chi connectivity index (χ2v) is 7.26. The molecule has 1 heterocycles. The molecule has 0 bridgehead atoms. The molecule has 20 heavy (non-hydrogen) atoms. The fourth-order valence-corrected chi connectivity index (χ4v) is 3.48. The Bertz CT molecular complexity index is 384. The number of amides is 2. The van der Waals surface area contributed by atoms with Crippen LogP contribution in [0, 0.1) is 5.92 Å². The van der Waals surface area contributed by atoms with Crippen molar-refractivity contribution in [2.45, 2.75) is 83.8 Å². The van der Waals surface area contributed by atoms with Crippen LogP contribution in [0.1, 0.15) is 66.2 Å². The van der Waals surface area contributed by atoms with Crippen molar-refractivity contribution >= 4 is 11.8 Å². The molecule has 0 aromatic carbocycles. The monoisotopic (exact) mass is 280 g/mol. The average molecular weight is 280 g/mol. The molecule has 0 aromatic heterocycles. The van der Waals surface area contributed by atoms with E-state index in [1.54, 1.807) is 0 Å². The van der Waals surface area contributed by atoms with Crippen molar-refractivity contribution in [1.82, 2.24) is 10.2 Å². The van der Waals surface area contributed by atoms with Gasteiger partial charge in [-0.05, 0) is 39.0 Å². The Morgan fingerprint density at radius 2 is 1.80 bits per heavy atom. The van der Waals surface area contributed by atoms with Gasteiger partial charge in [-0.3, -0.25) is 9.59 Å². The molecule has 2 amide bonds. The van der Waals surface area contributed by atoms with Crippen molar-refractivity contribution in [2.75, 3.05) is 0 Å². The maximum absolute atomic E-state index is 12.8. The van der Waals surface area contributed by atoms with Gasteiger partial charge >= 0.3 is 0 Å². The molecule has 2 aliphatic rings. The lowest BCUT2D eigenvalue weighted by Gasteiger charge is -2.48. The van der Waals surface area contributed by atoms with Gasteiger partial charge in [-0.1, -0.05) is 33.1 Å². The molecule has 0 aromatic rings. The van der Waals surface area contributed by atoms with E-state index in [4.69, 9.17) is 0 Å². The molecule has 4 heteroatoms. The Labute approximate surface area is 122 Å². The number of carbonyl (C=O) groups is 2. The van der Waals surface area contributed by atoms with Crippen molar-refractivity contribution < 1.29 is 9.59 Å². The second kappa shape index (κ2) is 5.74. The van der Waals surface area contributed by atoms with E-state index in [1.165, 1.54) is 19.3 Å². The predicted octanol–water partition coefficient (Wildman–Crippen LogP) is 2.47. The predicted molar refractivity (Wildman–Crippen MR) is 79.2 cm³/mol. The highest BCUT2D eigenvalue weighted by atomic mass is 16.2. The van der Waals surface area contributed by atoms with Gasteiger partial charge in [0.15, 0.2) is 0 Å². The summed E-state index contributed by atoms with van der Waals surface area (Å²) < 4.78 is 0. The van der Waals surface area contributed by atoms with Crippen molar-refractivity contribution in [3.05, 3.63) is 0 Å². The van der Waals surface area contributed by atoms with E-state index < -0.39 is 5.54 Å². The van der Waals surface area contributed by atoms with Crippen LogP contribution in [0.2, 0.25) is 0 Å². The molecular weight excluding hydrogens is 252 g/mol. The molecule has 1 aliphatic carbocycles. The summed E-state index contributed by atoms with van der Waals surface area (Å²) in [5, 5.41) is 2.90. The van der Waals surface area contributed by atoms with Crippen LogP contribution in [-0.4, -0.2) is 34.3 Å². The third-order valence-corrected chi connectivity index (χ3v) is 4.51. The molecule has 0 spiro atoms. The van der Waals surface area contributed by atoms with Gasteiger partial charge in [-0.25, -0.2) is 0 Å². The fraction of sp³-hybridized carbons (Fsp3) is 0.875. The Morgan fingerprint density at radius 3 is 2.35 bits per heavy atom. The minimum absolute atomic E-state index is 0.0221. The van der Waals surface area contributed by atoms with Gasteiger partial charge in [0, 0.05) is 6.04 Å². The second-order valence-electron chi connectivity index (χ2n) is 7.26. The molecule has 4 nitrogen and oxygen atoms in total. The molecule has 1 unspecified atom stereocenters. The van der Waals surface area contributed by atoms with E-state index >= 15 is 0 Å². The number of nitrogens with zero attached hydrogens (tertiary/aromatic N) is 1. The fourth-order valence-electron chi connectivity index (χ4n) is 3.48. The zero-order chi connectivity index (χ0) is 14.9. The number of hydrogen-bond donors (Lipinski definition) is 1. The van der Waals surface area contributed by atoms with Gasteiger partial charge in [-0.15, -0.1) is 0 Å². The summed E-state index contributed by atoms with van der Waals surface area (Å²) >= 11 is 0. The van der Waals surface area contributed by atoms with Crippen molar-refractivity contribution in [3.8, 4) is 0 Å². The lowest BCUT2D eigenvalue weighted by atomic mass is 9.86. The minimum atomic E-state index is -0.762. The summed E-state index contributed by atoms with van der Waals surface area (Å²) in [7, 11) is 0. The van der Waals surface area contributed by atoms with Gasteiger partial charge in [-0.2, -0.15) is 0 Å². The standard InChI is InChI=1S/C16H28N2O2/c1-11(2)10-13-14(19)17-16(3,4)15(20)18(13)12-8-6-5-7-9-12/h11-13H,5-10H2,1-4H3,(H,17,19). The largest absolute Gasteiger partial charge is 0.340 e. The van der Waals surface area contributed by atoms with E-state index in [1.807, 2.05) is 18.7 Å². The molecular formula is C16H28N2O2. The van der Waals surface area contributed by atoms with Crippen LogP contribution in [0.3, 0.4) is 0 Å². The van der Waals surface area contributed by atoms with E-state index in [2.05, 4.69) is 19.2 Å². The average Bonchev–Trinajstić information content (AvgIpc) is 2.36.